The molecular weight excluding hydrogens is 658 g/mol. The second-order valence-electron chi connectivity index (χ2n) is 9.02. The fourth-order valence-corrected chi connectivity index (χ4v) is 6.02. The number of halogens is 4. The number of thioether (sulfide) groups is 1. The van der Waals surface area contributed by atoms with Crippen molar-refractivity contribution in [2.75, 3.05) is 10.6 Å². The molecule has 0 heterocycles. The van der Waals surface area contributed by atoms with Gasteiger partial charge in [-0.15, -0.1) is 11.8 Å². The van der Waals surface area contributed by atoms with Gasteiger partial charge < -0.3 is 20.8 Å². The standard InChI is InChI=1S/C30H20Cl4N2O6S/c1-14-7-8-16(29(39)40)13-19(14)36-28(38)26(15-5-3-2-4-6-15)43-18-11-9-17(10-12-18)35-27(37)20-21(30(41)42)23(32)25(34)24(33)22(20)31/h2-13,26H,1H3,(H,35,37)(H,36,38)(H,39,40)(H,41,42). The third kappa shape index (κ3) is 7.26. The minimum atomic E-state index is -1.52. The van der Waals surface area contributed by atoms with Crippen LogP contribution in [0.3, 0.4) is 0 Å². The van der Waals surface area contributed by atoms with Crippen molar-refractivity contribution in [1.29, 1.82) is 0 Å². The quantitative estimate of drug-likeness (QED) is 0.0791. The summed E-state index contributed by atoms with van der Waals surface area (Å²) in [5.74, 6) is -3.87. The number of carbonyl (C=O) groups is 4. The Morgan fingerprint density at radius 1 is 0.721 bits per heavy atom. The van der Waals surface area contributed by atoms with Crippen molar-refractivity contribution in [3.8, 4) is 0 Å². The Labute approximate surface area is 269 Å². The summed E-state index contributed by atoms with van der Waals surface area (Å²) < 4.78 is 0. The summed E-state index contributed by atoms with van der Waals surface area (Å²) in [6, 6.07) is 20.0. The van der Waals surface area contributed by atoms with Crippen LogP contribution >= 0.6 is 58.2 Å². The van der Waals surface area contributed by atoms with Crippen LogP contribution in [0.5, 0.6) is 0 Å². The molecular formula is C30H20Cl4N2O6S. The number of anilines is 2. The topological polar surface area (TPSA) is 133 Å². The molecule has 220 valence electrons. The number of aromatic carboxylic acids is 2. The second kappa shape index (κ2) is 13.7. The number of nitrogens with one attached hydrogen (secondary N) is 2. The summed E-state index contributed by atoms with van der Waals surface area (Å²) in [4.78, 5) is 50.5. The number of aryl methyl sites for hydroxylation is 1. The minimum absolute atomic E-state index is 0.0438. The van der Waals surface area contributed by atoms with Crippen LogP contribution in [0.15, 0.2) is 77.7 Å². The lowest BCUT2D eigenvalue weighted by atomic mass is 10.1. The fourth-order valence-electron chi connectivity index (χ4n) is 3.98. The van der Waals surface area contributed by atoms with Crippen molar-refractivity contribution in [2.24, 2.45) is 0 Å². The maximum absolute atomic E-state index is 13.5. The summed E-state index contributed by atoms with van der Waals surface area (Å²) in [6.07, 6.45) is 0. The van der Waals surface area contributed by atoms with E-state index in [1.165, 1.54) is 23.9 Å². The van der Waals surface area contributed by atoms with Crippen molar-refractivity contribution in [1.82, 2.24) is 0 Å². The van der Waals surface area contributed by atoms with E-state index in [1.807, 2.05) is 6.07 Å². The van der Waals surface area contributed by atoms with Gasteiger partial charge >= 0.3 is 11.9 Å². The number of benzene rings is 4. The van der Waals surface area contributed by atoms with E-state index >= 15 is 0 Å². The Bertz CT molecular complexity index is 1750. The lowest BCUT2D eigenvalue weighted by molar-refractivity contribution is -0.115. The molecule has 4 aromatic rings. The molecule has 1 unspecified atom stereocenters. The fraction of sp³-hybridized carbons (Fsp3) is 0.0667. The van der Waals surface area contributed by atoms with Crippen LogP contribution in [0.25, 0.3) is 0 Å². The Morgan fingerprint density at radius 3 is 1.91 bits per heavy atom. The highest BCUT2D eigenvalue weighted by atomic mass is 35.5. The van der Waals surface area contributed by atoms with Crippen molar-refractivity contribution >= 4 is 93.3 Å². The van der Waals surface area contributed by atoms with E-state index in [-0.39, 0.29) is 26.5 Å². The number of hydrogen-bond acceptors (Lipinski definition) is 5. The molecule has 4 aromatic carbocycles. The van der Waals surface area contributed by atoms with Gasteiger partial charge in [-0.1, -0.05) is 82.8 Å². The minimum Gasteiger partial charge on any atom is -0.478 e. The Kier molecular flexibility index (Phi) is 10.3. The molecule has 0 saturated heterocycles. The Balaban J connectivity index is 1.58. The zero-order valence-electron chi connectivity index (χ0n) is 22.0. The van der Waals surface area contributed by atoms with E-state index in [0.29, 0.717) is 27.4 Å². The number of hydrogen-bond donors (Lipinski definition) is 4. The normalized spacial score (nSPS) is 11.5. The van der Waals surface area contributed by atoms with Gasteiger partial charge in [-0.25, -0.2) is 9.59 Å². The Morgan fingerprint density at radius 2 is 1.33 bits per heavy atom. The number of rotatable bonds is 9. The van der Waals surface area contributed by atoms with Crippen LogP contribution < -0.4 is 10.6 Å². The highest BCUT2D eigenvalue weighted by molar-refractivity contribution is 8.00. The monoisotopic (exact) mass is 676 g/mol. The molecule has 0 aliphatic heterocycles. The molecule has 0 bridgehead atoms. The van der Waals surface area contributed by atoms with Crippen LogP contribution in [-0.4, -0.2) is 34.0 Å². The molecule has 0 aromatic heterocycles. The van der Waals surface area contributed by atoms with Crippen molar-refractivity contribution in [3.05, 3.63) is 121 Å². The lowest BCUT2D eigenvalue weighted by Crippen LogP contribution is -2.20. The van der Waals surface area contributed by atoms with E-state index in [0.717, 1.165) is 0 Å². The van der Waals surface area contributed by atoms with Crippen LogP contribution in [0.1, 0.15) is 47.5 Å². The maximum atomic E-state index is 13.5. The van der Waals surface area contributed by atoms with Crippen LogP contribution in [0.2, 0.25) is 20.1 Å². The van der Waals surface area contributed by atoms with Gasteiger partial charge in [-0.05, 0) is 54.4 Å². The van der Waals surface area contributed by atoms with E-state index in [1.54, 1.807) is 61.5 Å². The summed E-state index contributed by atoms with van der Waals surface area (Å²) in [7, 11) is 0. The first-order valence-electron chi connectivity index (χ1n) is 12.3. The molecule has 1 atom stereocenters. The molecule has 0 aliphatic rings. The van der Waals surface area contributed by atoms with E-state index in [9.17, 15) is 29.4 Å². The molecule has 0 fully saturated rings. The van der Waals surface area contributed by atoms with E-state index in [2.05, 4.69) is 10.6 Å². The summed E-state index contributed by atoms with van der Waals surface area (Å²) in [5.41, 5.74) is 1.09. The third-order valence-corrected chi connectivity index (χ3v) is 9.23. The van der Waals surface area contributed by atoms with Gasteiger partial charge in [0.2, 0.25) is 5.91 Å². The maximum Gasteiger partial charge on any atom is 0.338 e. The van der Waals surface area contributed by atoms with Gasteiger partial charge in [0.05, 0.1) is 36.8 Å². The van der Waals surface area contributed by atoms with Gasteiger partial charge in [0.25, 0.3) is 5.91 Å². The molecule has 8 nitrogen and oxygen atoms in total. The van der Waals surface area contributed by atoms with E-state index in [4.69, 9.17) is 46.4 Å². The van der Waals surface area contributed by atoms with Crippen molar-refractivity contribution in [3.63, 3.8) is 0 Å². The molecule has 13 heteroatoms. The predicted molar refractivity (Wildman–Crippen MR) is 170 cm³/mol. The molecule has 2 amide bonds. The smallest absolute Gasteiger partial charge is 0.338 e. The first kappa shape index (κ1) is 32.2. The molecule has 4 N–H and O–H groups in total. The lowest BCUT2D eigenvalue weighted by Gasteiger charge is -2.18. The average molecular weight is 678 g/mol. The Hall–Kier alpha value is -3.73. The number of carbonyl (C=O) groups excluding carboxylic acids is 2. The average Bonchev–Trinajstić information content (AvgIpc) is 2.98. The zero-order chi connectivity index (χ0) is 31.4. The van der Waals surface area contributed by atoms with Crippen LogP contribution in [0.4, 0.5) is 11.4 Å². The molecule has 0 saturated carbocycles. The first-order chi connectivity index (χ1) is 20.4. The predicted octanol–water partition coefficient (Wildman–Crippen LogP) is 8.73. The van der Waals surface area contributed by atoms with E-state index < -0.39 is 39.2 Å². The van der Waals surface area contributed by atoms with Gasteiger partial charge in [0, 0.05) is 16.3 Å². The summed E-state index contributed by atoms with van der Waals surface area (Å²) >= 11 is 25.5. The molecule has 4 rings (SSSR count). The highest BCUT2D eigenvalue weighted by Crippen LogP contribution is 2.42. The van der Waals surface area contributed by atoms with Crippen molar-refractivity contribution < 1.29 is 29.4 Å². The van der Waals surface area contributed by atoms with Gasteiger partial charge in [0.1, 0.15) is 5.25 Å². The molecule has 0 radical (unpaired) electrons. The van der Waals surface area contributed by atoms with Gasteiger partial charge in [0.15, 0.2) is 0 Å². The largest absolute Gasteiger partial charge is 0.478 e. The number of carboxylic acid groups (broad SMARTS) is 2. The van der Waals surface area contributed by atoms with Crippen LogP contribution in [0, 0.1) is 6.92 Å². The number of carboxylic acids is 2. The molecule has 0 spiro atoms. The SMILES string of the molecule is Cc1ccc(C(=O)O)cc1NC(=O)C(Sc1ccc(NC(=O)c2c(Cl)c(Cl)c(Cl)c(Cl)c2C(=O)O)cc1)c1ccccc1. The highest BCUT2D eigenvalue weighted by Gasteiger charge is 2.29. The van der Waals surface area contributed by atoms with Gasteiger partial charge in [-0.2, -0.15) is 0 Å². The van der Waals surface area contributed by atoms with Crippen molar-refractivity contribution in [2.45, 2.75) is 17.1 Å². The van der Waals surface area contributed by atoms with Gasteiger partial charge in [-0.3, -0.25) is 9.59 Å². The summed E-state index contributed by atoms with van der Waals surface area (Å²) in [6.45, 7) is 1.76. The number of amides is 2. The molecule has 43 heavy (non-hydrogen) atoms. The third-order valence-electron chi connectivity index (χ3n) is 6.16. The van der Waals surface area contributed by atoms with Crippen LogP contribution in [-0.2, 0) is 4.79 Å². The first-order valence-corrected chi connectivity index (χ1v) is 14.6. The zero-order valence-corrected chi connectivity index (χ0v) is 25.8. The molecule has 0 aliphatic carbocycles. The second-order valence-corrected chi connectivity index (χ2v) is 11.7. The summed E-state index contributed by atoms with van der Waals surface area (Å²) in [5, 5.41) is 22.3.